The van der Waals surface area contributed by atoms with Crippen molar-refractivity contribution in [1.29, 1.82) is 0 Å². The first kappa shape index (κ1) is 19.8. The first-order chi connectivity index (χ1) is 14.7. The van der Waals surface area contributed by atoms with Crippen LogP contribution in [0.4, 0.5) is 0 Å². The Morgan fingerprint density at radius 2 is 1.83 bits per heavy atom. The minimum absolute atomic E-state index is 0.159. The van der Waals surface area contributed by atoms with Crippen LogP contribution in [0.15, 0.2) is 48.2 Å². The Hall–Kier alpha value is -3.52. The van der Waals surface area contributed by atoms with E-state index in [1.165, 1.54) is 7.11 Å². The summed E-state index contributed by atoms with van der Waals surface area (Å²) in [6.45, 7) is 2.00. The zero-order valence-electron chi connectivity index (χ0n) is 16.6. The largest absolute Gasteiger partial charge is 0.496 e. The van der Waals surface area contributed by atoms with Crippen molar-refractivity contribution in [2.45, 2.75) is 0 Å². The average Bonchev–Trinajstić information content (AvgIpc) is 3.26. The van der Waals surface area contributed by atoms with E-state index in [1.807, 2.05) is 0 Å². The van der Waals surface area contributed by atoms with Gasteiger partial charge in [0.15, 0.2) is 11.5 Å². The molecule has 2 heterocycles. The Kier molecular flexibility index (Phi) is 5.85. The summed E-state index contributed by atoms with van der Waals surface area (Å²) >= 11 is 0. The van der Waals surface area contributed by atoms with Crippen molar-refractivity contribution in [3.63, 3.8) is 0 Å². The molecule has 1 saturated heterocycles. The Labute approximate surface area is 174 Å². The fourth-order valence-electron chi connectivity index (χ4n) is 3.28. The topological polar surface area (TPSA) is 86.3 Å². The molecule has 156 valence electrons. The van der Waals surface area contributed by atoms with Crippen molar-refractivity contribution in [1.82, 2.24) is 10.2 Å². The number of ether oxygens (including phenoxy) is 4. The van der Waals surface area contributed by atoms with Crippen LogP contribution in [0.3, 0.4) is 0 Å². The molecule has 0 saturated carbocycles. The quantitative estimate of drug-likeness (QED) is 0.760. The highest BCUT2D eigenvalue weighted by molar-refractivity contribution is 6.06. The number of hydrogen-bond acceptors (Lipinski definition) is 6. The van der Waals surface area contributed by atoms with Gasteiger partial charge in [-0.25, -0.2) is 0 Å². The summed E-state index contributed by atoms with van der Waals surface area (Å²) in [5, 5.41) is 2.76. The predicted octanol–water partition coefficient (Wildman–Crippen LogP) is 2.05. The number of hydrogen-bond donors (Lipinski definition) is 1. The second kappa shape index (κ2) is 8.87. The van der Waals surface area contributed by atoms with Gasteiger partial charge in [0.05, 0.1) is 25.9 Å². The molecule has 2 aliphatic heterocycles. The molecule has 8 nitrogen and oxygen atoms in total. The van der Waals surface area contributed by atoms with Gasteiger partial charge in [-0.3, -0.25) is 9.59 Å². The molecule has 2 aromatic carbocycles. The number of morpholine rings is 1. The van der Waals surface area contributed by atoms with Gasteiger partial charge >= 0.3 is 0 Å². The van der Waals surface area contributed by atoms with Gasteiger partial charge in [-0.15, -0.1) is 0 Å². The van der Waals surface area contributed by atoms with Crippen molar-refractivity contribution in [3.05, 3.63) is 59.3 Å². The Balaban J connectivity index is 1.64. The number of fused-ring (bicyclic) bond motifs is 1. The molecule has 4 rings (SSSR count). The number of rotatable bonds is 5. The number of nitrogens with one attached hydrogen (secondary N) is 1. The molecule has 2 aromatic rings. The maximum Gasteiger partial charge on any atom is 0.270 e. The number of nitrogens with zero attached hydrogens (tertiary/aromatic N) is 1. The number of carbonyl (C=O) groups excluding carboxylic acids is 2. The van der Waals surface area contributed by atoms with E-state index in [0.717, 1.165) is 0 Å². The van der Waals surface area contributed by atoms with E-state index in [0.29, 0.717) is 54.7 Å². The van der Waals surface area contributed by atoms with Crippen LogP contribution in [0.1, 0.15) is 15.9 Å². The molecule has 2 aliphatic rings. The van der Waals surface area contributed by atoms with E-state index in [-0.39, 0.29) is 18.4 Å². The van der Waals surface area contributed by atoms with E-state index in [9.17, 15) is 9.59 Å². The van der Waals surface area contributed by atoms with Crippen molar-refractivity contribution < 1.29 is 28.5 Å². The smallest absolute Gasteiger partial charge is 0.270 e. The van der Waals surface area contributed by atoms with Gasteiger partial charge in [0.2, 0.25) is 6.79 Å². The van der Waals surface area contributed by atoms with E-state index in [1.54, 1.807) is 53.4 Å². The summed E-state index contributed by atoms with van der Waals surface area (Å²) in [6, 6.07) is 12.2. The van der Waals surface area contributed by atoms with Crippen molar-refractivity contribution >= 4 is 17.9 Å². The fourth-order valence-corrected chi connectivity index (χ4v) is 3.28. The maximum absolute atomic E-state index is 13.2. The van der Waals surface area contributed by atoms with Gasteiger partial charge in [-0.1, -0.05) is 18.2 Å². The van der Waals surface area contributed by atoms with Gasteiger partial charge in [-0.2, -0.15) is 0 Å². The summed E-state index contributed by atoms with van der Waals surface area (Å²) in [6.07, 6.45) is 1.63. The normalized spacial score (nSPS) is 15.6. The Morgan fingerprint density at radius 1 is 1.07 bits per heavy atom. The van der Waals surface area contributed by atoms with Crippen molar-refractivity contribution in [2.75, 3.05) is 40.2 Å². The SMILES string of the molecule is COc1ccccc1C(=O)N/C(=C/c1ccc2c(c1)OCO2)C(=O)N1CCOCC1. The zero-order chi connectivity index (χ0) is 20.9. The van der Waals surface area contributed by atoms with E-state index < -0.39 is 5.91 Å². The first-order valence-corrected chi connectivity index (χ1v) is 9.58. The molecule has 30 heavy (non-hydrogen) atoms. The lowest BCUT2D eigenvalue weighted by Crippen LogP contribution is -2.44. The third-order valence-electron chi connectivity index (χ3n) is 4.84. The second-order valence-corrected chi connectivity index (χ2v) is 6.73. The molecule has 0 spiro atoms. The molecule has 2 amide bonds. The lowest BCUT2D eigenvalue weighted by atomic mass is 10.1. The van der Waals surface area contributed by atoms with Crippen LogP contribution in [0.5, 0.6) is 17.2 Å². The molecular weight excluding hydrogens is 388 g/mol. The average molecular weight is 410 g/mol. The van der Waals surface area contributed by atoms with Gasteiger partial charge in [0, 0.05) is 13.1 Å². The second-order valence-electron chi connectivity index (χ2n) is 6.73. The molecule has 0 aromatic heterocycles. The van der Waals surface area contributed by atoms with Crippen LogP contribution in [-0.2, 0) is 9.53 Å². The van der Waals surface area contributed by atoms with Gasteiger partial charge in [-0.05, 0) is 35.9 Å². The maximum atomic E-state index is 13.2. The molecule has 0 radical (unpaired) electrons. The summed E-state index contributed by atoms with van der Waals surface area (Å²) in [4.78, 5) is 27.7. The Morgan fingerprint density at radius 3 is 2.63 bits per heavy atom. The molecule has 0 unspecified atom stereocenters. The lowest BCUT2D eigenvalue weighted by molar-refractivity contribution is -0.131. The van der Waals surface area contributed by atoms with Crippen LogP contribution in [-0.4, -0.2) is 56.9 Å². The number of para-hydroxylation sites is 1. The van der Waals surface area contributed by atoms with Crippen LogP contribution >= 0.6 is 0 Å². The van der Waals surface area contributed by atoms with Crippen LogP contribution in [0.25, 0.3) is 6.08 Å². The molecule has 1 fully saturated rings. The molecular formula is C22H22N2O6. The third kappa shape index (κ3) is 4.23. The number of carbonyl (C=O) groups is 2. The standard InChI is InChI=1S/C22H22N2O6/c1-27-18-5-3-2-4-16(18)21(25)23-17(22(26)24-8-10-28-11-9-24)12-15-6-7-19-20(13-15)30-14-29-19/h2-7,12-13H,8-11,14H2,1H3,(H,23,25)/b17-12+. The highest BCUT2D eigenvalue weighted by Gasteiger charge is 2.24. The summed E-state index contributed by atoms with van der Waals surface area (Å²) in [7, 11) is 1.49. The monoisotopic (exact) mass is 410 g/mol. The fraction of sp³-hybridized carbons (Fsp3) is 0.273. The summed E-state index contributed by atoms with van der Waals surface area (Å²) < 4.78 is 21.3. The molecule has 8 heteroatoms. The summed E-state index contributed by atoms with van der Waals surface area (Å²) in [5.74, 6) is 0.959. The lowest BCUT2D eigenvalue weighted by Gasteiger charge is -2.28. The molecule has 1 N–H and O–H groups in total. The predicted molar refractivity (Wildman–Crippen MR) is 108 cm³/mol. The molecule has 0 aliphatic carbocycles. The number of amides is 2. The van der Waals surface area contributed by atoms with Crippen LogP contribution < -0.4 is 19.5 Å². The summed E-state index contributed by atoms with van der Waals surface area (Å²) in [5.41, 5.74) is 1.20. The highest BCUT2D eigenvalue weighted by Crippen LogP contribution is 2.33. The van der Waals surface area contributed by atoms with E-state index >= 15 is 0 Å². The molecule has 0 atom stereocenters. The van der Waals surface area contributed by atoms with Crippen molar-refractivity contribution in [2.24, 2.45) is 0 Å². The number of benzene rings is 2. The molecule has 0 bridgehead atoms. The minimum atomic E-state index is -0.430. The van der Waals surface area contributed by atoms with Gasteiger partial charge in [0.1, 0.15) is 11.4 Å². The number of methoxy groups -OCH3 is 1. The van der Waals surface area contributed by atoms with Gasteiger partial charge < -0.3 is 29.2 Å². The van der Waals surface area contributed by atoms with Crippen LogP contribution in [0.2, 0.25) is 0 Å². The van der Waals surface area contributed by atoms with Gasteiger partial charge in [0.25, 0.3) is 11.8 Å². The van der Waals surface area contributed by atoms with E-state index in [2.05, 4.69) is 5.32 Å². The first-order valence-electron chi connectivity index (χ1n) is 9.58. The van der Waals surface area contributed by atoms with Crippen LogP contribution in [0, 0.1) is 0 Å². The minimum Gasteiger partial charge on any atom is -0.496 e. The highest BCUT2D eigenvalue weighted by atomic mass is 16.7. The third-order valence-corrected chi connectivity index (χ3v) is 4.84. The van der Waals surface area contributed by atoms with E-state index in [4.69, 9.17) is 18.9 Å². The Bertz CT molecular complexity index is 981. The van der Waals surface area contributed by atoms with Crippen molar-refractivity contribution in [3.8, 4) is 17.2 Å². The zero-order valence-corrected chi connectivity index (χ0v) is 16.6.